The van der Waals surface area contributed by atoms with Crippen LogP contribution < -0.4 is 10.1 Å². The average Bonchev–Trinajstić information content (AvgIpc) is 2.59. The third-order valence-corrected chi connectivity index (χ3v) is 4.01. The molecule has 0 saturated heterocycles. The van der Waals surface area contributed by atoms with Crippen molar-refractivity contribution in [3.63, 3.8) is 0 Å². The minimum atomic E-state index is 0.0609. The highest BCUT2D eigenvalue weighted by molar-refractivity contribution is 6.30. The van der Waals surface area contributed by atoms with E-state index in [4.69, 9.17) is 27.9 Å². The first kappa shape index (κ1) is 18.6. The van der Waals surface area contributed by atoms with Crippen molar-refractivity contribution in [1.29, 1.82) is 0 Å². The van der Waals surface area contributed by atoms with Crippen LogP contribution in [-0.2, 0) is 11.2 Å². The summed E-state index contributed by atoms with van der Waals surface area (Å²) < 4.78 is 5.56. The Bertz CT molecular complexity index is 571. The first-order valence-corrected chi connectivity index (χ1v) is 8.78. The van der Waals surface area contributed by atoms with Gasteiger partial charge in [0.2, 0.25) is 5.91 Å². The largest absolute Gasteiger partial charge is 0.494 e. The predicted molar refractivity (Wildman–Crippen MR) is 99.0 cm³/mol. The molecule has 3 nitrogen and oxygen atoms in total. The van der Waals surface area contributed by atoms with Crippen LogP contribution in [0.1, 0.15) is 24.8 Å². The molecule has 0 aliphatic rings. The summed E-state index contributed by atoms with van der Waals surface area (Å²) in [6.45, 7) is 1.19. The van der Waals surface area contributed by atoms with Crippen LogP contribution in [0.4, 0.5) is 0 Å². The number of rotatable bonds is 9. The summed E-state index contributed by atoms with van der Waals surface area (Å²) in [5.41, 5.74) is 1.23. The maximum absolute atomic E-state index is 11.8. The molecule has 128 valence electrons. The quantitative estimate of drug-likeness (QED) is 0.641. The Morgan fingerprint density at radius 2 is 1.54 bits per heavy atom. The number of amides is 1. The van der Waals surface area contributed by atoms with Gasteiger partial charge in [-0.3, -0.25) is 4.79 Å². The van der Waals surface area contributed by atoms with Crippen LogP contribution in [0, 0.1) is 0 Å². The van der Waals surface area contributed by atoms with Crippen molar-refractivity contribution in [3.8, 4) is 5.75 Å². The highest BCUT2D eigenvalue weighted by Crippen LogP contribution is 2.15. The fraction of sp³-hybridized carbons (Fsp3) is 0.316. The van der Waals surface area contributed by atoms with Crippen molar-refractivity contribution >= 4 is 29.1 Å². The van der Waals surface area contributed by atoms with Crippen LogP contribution in [0.15, 0.2) is 48.5 Å². The molecule has 0 aliphatic heterocycles. The lowest BCUT2D eigenvalue weighted by Crippen LogP contribution is -2.24. The van der Waals surface area contributed by atoms with Gasteiger partial charge in [0.1, 0.15) is 5.75 Å². The van der Waals surface area contributed by atoms with Crippen LogP contribution >= 0.6 is 23.2 Å². The second-order valence-corrected chi connectivity index (χ2v) is 6.36. The summed E-state index contributed by atoms with van der Waals surface area (Å²) in [6.07, 6.45) is 2.99. The summed E-state index contributed by atoms with van der Waals surface area (Å²) in [6, 6.07) is 15.0. The van der Waals surface area contributed by atoms with Gasteiger partial charge in [0, 0.05) is 23.0 Å². The van der Waals surface area contributed by atoms with Crippen molar-refractivity contribution in [2.24, 2.45) is 0 Å². The first-order chi connectivity index (χ1) is 11.6. The maximum atomic E-state index is 11.8. The molecule has 0 aromatic heterocycles. The van der Waals surface area contributed by atoms with Gasteiger partial charge in [-0.15, -0.1) is 0 Å². The number of hydrogen-bond acceptors (Lipinski definition) is 2. The van der Waals surface area contributed by atoms with Crippen molar-refractivity contribution in [3.05, 3.63) is 64.1 Å². The number of hydrogen-bond donors (Lipinski definition) is 1. The number of carbonyl (C=O) groups excluding carboxylic acids is 1. The van der Waals surface area contributed by atoms with Gasteiger partial charge in [0.25, 0.3) is 0 Å². The topological polar surface area (TPSA) is 38.3 Å². The summed E-state index contributed by atoms with van der Waals surface area (Å²) in [4.78, 5) is 11.8. The molecule has 0 radical (unpaired) electrons. The van der Waals surface area contributed by atoms with Gasteiger partial charge in [0.05, 0.1) is 6.61 Å². The monoisotopic (exact) mass is 365 g/mol. The SMILES string of the molecule is O=C(CCCOc1ccc(Cl)cc1)NCCCc1ccc(Cl)cc1. The van der Waals surface area contributed by atoms with Crippen molar-refractivity contribution in [2.75, 3.05) is 13.2 Å². The molecule has 0 saturated carbocycles. The summed E-state index contributed by atoms with van der Waals surface area (Å²) in [7, 11) is 0. The summed E-state index contributed by atoms with van der Waals surface area (Å²) >= 11 is 11.7. The molecule has 0 spiro atoms. The Morgan fingerprint density at radius 1 is 0.917 bits per heavy atom. The normalized spacial score (nSPS) is 10.4. The number of halogens is 2. The van der Waals surface area contributed by atoms with E-state index < -0.39 is 0 Å². The summed E-state index contributed by atoms with van der Waals surface area (Å²) in [5.74, 6) is 0.827. The van der Waals surface area contributed by atoms with Crippen LogP contribution in [-0.4, -0.2) is 19.1 Å². The van der Waals surface area contributed by atoms with E-state index in [-0.39, 0.29) is 5.91 Å². The second-order valence-electron chi connectivity index (χ2n) is 5.49. The zero-order chi connectivity index (χ0) is 17.2. The molecule has 2 aromatic rings. The lowest BCUT2D eigenvalue weighted by Gasteiger charge is -2.07. The molecule has 0 atom stereocenters. The van der Waals surface area contributed by atoms with E-state index in [0.29, 0.717) is 31.0 Å². The fourth-order valence-corrected chi connectivity index (χ4v) is 2.47. The molecule has 0 fully saturated rings. The minimum absolute atomic E-state index is 0.0609. The zero-order valence-electron chi connectivity index (χ0n) is 13.4. The highest BCUT2D eigenvalue weighted by atomic mass is 35.5. The molecule has 2 aromatic carbocycles. The van der Waals surface area contributed by atoms with Gasteiger partial charge >= 0.3 is 0 Å². The third-order valence-electron chi connectivity index (χ3n) is 3.51. The lowest BCUT2D eigenvalue weighted by atomic mass is 10.1. The van der Waals surface area contributed by atoms with Gasteiger partial charge in [-0.25, -0.2) is 0 Å². The Morgan fingerprint density at radius 3 is 2.21 bits per heavy atom. The average molecular weight is 366 g/mol. The van der Waals surface area contributed by atoms with E-state index in [9.17, 15) is 4.79 Å². The van der Waals surface area contributed by atoms with E-state index in [1.807, 2.05) is 36.4 Å². The van der Waals surface area contributed by atoms with E-state index in [0.717, 1.165) is 23.6 Å². The van der Waals surface area contributed by atoms with E-state index in [1.54, 1.807) is 12.1 Å². The van der Waals surface area contributed by atoms with Crippen molar-refractivity contribution in [1.82, 2.24) is 5.32 Å². The smallest absolute Gasteiger partial charge is 0.220 e. The number of benzene rings is 2. The molecule has 1 N–H and O–H groups in total. The maximum Gasteiger partial charge on any atom is 0.220 e. The molecule has 0 heterocycles. The number of carbonyl (C=O) groups is 1. The lowest BCUT2D eigenvalue weighted by molar-refractivity contribution is -0.121. The van der Waals surface area contributed by atoms with Gasteiger partial charge < -0.3 is 10.1 Å². The molecule has 0 unspecified atom stereocenters. The Kier molecular flexibility index (Phi) is 7.93. The van der Waals surface area contributed by atoms with E-state index >= 15 is 0 Å². The van der Waals surface area contributed by atoms with Gasteiger partial charge in [-0.2, -0.15) is 0 Å². The Labute approximate surface area is 152 Å². The Balaban J connectivity index is 1.52. The fourth-order valence-electron chi connectivity index (χ4n) is 2.21. The molecular formula is C19H21Cl2NO2. The molecular weight excluding hydrogens is 345 g/mol. The molecule has 2 rings (SSSR count). The predicted octanol–water partition coefficient (Wildman–Crippen LogP) is 4.90. The van der Waals surface area contributed by atoms with Crippen LogP contribution in [0.5, 0.6) is 5.75 Å². The molecule has 0 aliphatic carbocycles. The number of aryl methyl sites for hydroxylation is 1. The Hall–Kier alpha value is -1.71. The second kappa shape index (κ2) is 10.2. The van der Waals surface area contributed by atoms with Gasteiger partial charge in [-0.1, -0.05) is 35.3 Å². The number of nitrogens with one attached hydrogen (secondary N) is 1. The molecule has 1 amide bonds. The van der Waals surface area contributed by atoms with Crippen molar-refractivity contribution in [2.45, 2.75) is 25.7 Å². The third kappa shape index (κ3) is 7.24. The van der Waals surface area contributed by atoms with Crippen LogP contribution in [0.3, 0.4) is 0 Å². The highest BCUT2D eigenvalue weighted by Gasteiger charge is 2.02. The van der Waals surface area contributed by atoms with Gasteiger partial charge in [-0.05, 0) is 61.2 Å². The van der Waals surface area contributed by atoms with Crippen molar-refractivity contribution < 1.29 is 9.53 Å². The zero-order valence-corrected chi connectivity index (χ0v) is 14.9. The molecule has 0 bridgehead atoms. The minimum Gasteiger partial charge on any atom is -0.494 e. The summed E-state index contributed by atoms with van der Waals surface area (Å²) in [5, 5.41) is 4.36. The van der Waals surface area contributed by atoms with Crippen LogP contribution in [0.2, 0.25) is 10.0 Å². The van der Waals surface area contributed by atoms with E-state index in [2.05, 4.69) is 5.32 Å². The van der Waals surface area contributed by atoms with Gasteiger partial charge in [0.15, 0.2) is 0 Å². The molecule has 5 heteroatoms. The number of ether oxygens (including phenoxy) is 1. The van der Waals surface area contributed by atoms with E-state index in [1.165, 1.54) is 5.56 Å². The standard InChI is InChI=1S/C19H21Cl2NO2/c20-16-7-5-15(6-8-16)3-1-13-22-19(23)4-2-14-24-18-11-9-17(21)10-12-18/h5-12H,1-4,13-14H2,(H,22,23). The van der Waals surface area contributed by atoms with Crippen LogP contribution in [0.25, 0.3) is 0 Å². The molecule has 24 heavy (non-hydrogen) atoms. The first-order valence-electron chi connectivity index (χ1n) is 8.03.